The number of anilines is 1. The monoisotopic (exact) mass is 318 g/mol. The van der Waals surface area contributed by atoms with Gasteiger partial charge in [0.05, 0.1) is 17.5 Å². The number of carbonyl (C=O) groups excluding carboxylic acids is 1. The Hall–Kier alpha value is -2.67. The van der Waals surface area contributed by atoms with E-state index in [0.29, 0.717) is 16.5 Å². The molecule has 0 aliphatic heterocycles. The molecule has 0 bridgehead atoms. The number of carbonyl (C=O) groups is 1. The fourth-order valence-corrected chi connectivity index (χ4v) is 2.59. The van der Waals surface area contributed by atoms with Crippen molar-refractivity contribution in [3.05, 3.63) is 59.0 Å². The average Bonchev–Trinajstić information content (AvgIpc) is 3.16. The van der Waals surface area contributed by atoms with E-state index in [1.54, 1.807) is 23.8 Å². The van der Waals surface area contributed by atoms with Crippen LogP contribution in [0.25, 0.3) is 10.8 Å². The van der Waals surface area contributed by atoms with Crippen molar-refractivity contribution in [2.45, 2.75) is 6.61 Å². The van der Waals surface area contributed by atoms with Gasteiger partial charge in [-0.25, -0.2) is 14.2 Å². The SMILES string of the molecule is Nc1cc(F)ccc1C(=O)OCc1csc(-c2ccco2)n1. The van der Waals surface area contributed by atoms with Crippen molar-refractivity contribution in [3.63, 3.8) is 0 Å². The second-order valence-electron chi connectivity index (χ2n) is 4.43. The molecule has 0 aliphatic rings. The molecule has 0 fully saturated rings. The zero-order chi connectivity index (χ0) is 15.5. The maximum atomic E-state index is 12.9. The Morgan fingerprint density at radius 3 is 3.00 bits per heavy atom. The predicted molar refractivity (Wildman–Crippen MR) is 79.7 cm³/mol. The normalized spacial score (nSPS) is 10.6. The molecular formula is C15H11FN2O3S. The average molecular weight is 318 g/mol. The second-order valence-corrected chi connectivity index (χ2v) is 5.29. The maximum absolute atomic E-state index is 12.9. The Kier molecular flexibility index (Phi) is 3.88. The maximum Gasteiger partial charge on any atom is 0.340 e. The van der Waals surface area contributed by atoms with Gasteiger partial charge >= 0.3 is 5.97 Å². The molecule has 0 spiro atoms. The molecular weight excluding hydrogens is 307 g/mol. The first-order chi connectivity index (χ1) is 10.6. The van der Waals surface area contributed by atoms with Gasteiger partial charge in [0.1, 0.15) is 12.4 Å². The Morgan fingerprint density at radius 2 is 2.27 bits per heavy atom. The highest BCUT2D eigenvalue weighted by atomic mass is 32.1. The third kappa shape index (κ3) is 2.99. The van der Waals surface area contributed by atoms with Gasteiger partial charge in [-0.1, -0.05) is 0 Å². The molecule has 5 nitrogen and oxygen atoms in total. The number of aromatic nitrogens is 1. The molecule has 7 heteroatoms. The number of furan rings is 1. The van der Waals surface area contributed by atoms with Crippen molar-refractivity contribution in [1.29, 1.82) is 0 Å². The largest absolute Gasteiger partial charge is 0.462 e. The van der Waals surface area contributed by atoms with Gasteiger partial charge in [0.2, 0.25) is 0 Å². The van der Waals surface area contributed by atoms with E-state index in [0.717, 1.165) is 12.1 Å². The van der Waals surface area contributed by atoms with Crippen LogP contribution in [0.4, 0.5) is 10.1 Å². The first-order valence-electron chi connectivity index (χ1n) is 6.34. The van der Waals surface area contributed by atoms with E-state index in [-0.39, 0.29) is 17.9 Å². The van der Waals surface area contributed by atoms with Gasteiger partial charge < -0.3 is 14.9 Å². The number of esters is 1. The third-order valence-corrected chi connectivity index (χ3v) is 3.77. The molecule has 0 amide bonds. The second kappa shape index (κ2) is 5.98. The number of halogens is 1. The van der Waals surface area contributed by atoms with Crippen molar-refractivity contribution in [2.75, 3.05) is 5.73 Å². The van der Waals surface area contributed by atoms with E-state index in [1.807, 2.05) is 0 Å². The van der Waals surface area contributed by atoms with Crippen LogP contribution < -0.4 is 5.73 Å². The van der Waals surface area contributed by atoms with E-state index in [1.165, 1.54) is 17.4 Å². The zero-order valence-electron chi connectivity index (χ0n) is 11.3. The molecule has 0 aliphatic carbocycles. The lowest BCUT2D eigenvalue weighted by Crippen LogP contribution is -2.08. The summed E-state index contributed by atoms with van der Waals surface area (Å²) < 4.78 is 23.3. The first-order valence-corrected chi connectivity index (χ1v) is 7.22. The molecule has 1 aromatic carbocycles. The first kappa shape index (κ1) is 14.3. The van der Waals surface area contributed by atoms with Gasteiger partial charge in [-0.15, -0.1) is 11.3 Å². The summed E-state index contributed by atoms with van der Waals surface area (Å²) in [6.07, 6.45) is 1.56. The molecule has 2 aromatic heterocycles. The summed E-state index contributed by atoms with van der Waals surface area (Å²) in [6, 6.07) is 7.10. The van der Waals surface area contributed by atoms with Gasteiger partial charge in [-0.2, -0.15) is 0 Å². The lowest BCUT2D eigenvalue weighted by atomic mass is 10.2. The zero-order valence-corrected chi connectivity index (χ0v) is 12.1. The summed E-state index contributed by atoms with van der Waals surface area (Å²) in [4.78, 5) is 16.2. The quantitative estimate of drug-likeness (QED) is 0.588. The van der Waals surface area contributed by atoms with Crippen LogP contribution in [-0.4, -0.2) is 11.0 Å². The topological polar surface area (TPSA) is 78.4 Å². The van der Waals surface area contributed by atoms with Crippen LogP contribution in [0.1, 0.15) is 16.1 Å². The molecule has 0 atom stereocenters. The van der Waals surface area contributed by atoms with E-state index < -0.39 is 11.8 Å². The molecule has 3 aromatic rings. The highest BCUT2D eigenvalue weighted by molar-refractivity contribution is 7.13. The minimum Gasteiger partial charge on any atom is -0.462 e. The lowest BCUT2D eigenvalue weighted by molar-refractivity contribution is 0.0469. The van der Waals surface area contributed by atoms with Crippen LogP contribution in [0.2, 0.25) is 0 Å². The van der Waals surface area contributed by atoms with E-state index in [2.05, 4.69) is 4.98 Å². The van der Waals surface area contributed by atoms with E-state index in [9.17, 15) is 9.18 Å². The fraction of sp³-hybridized carbons (Fsp3) is 0.0667. The van der Waals surface area contributed by atoms with Gasteiger partial charge in [-0.05, 0) is 30.3 Å². The predicted octanol–water partition coefficient (Wildman–Crippen LogP) is 3.48. The number of nitrogens with two attached hydrogens (primary N) is 1. The van der Waals surface area contributed by atoms with Gasteiger partial charge in [0.25, 0.3) is 0 Å². The molecule has 2 heterocycles. The minimum absolute atomic E-state index is 0.00680. The smallest absolute Gasteiger partial charge is 0.340 e. The van der Waals surface area contributed by atoms with Crippen LogP contribution in [0.15, 0.2) is 46.4 Å². The molecule has 0 saturated carbocycles. The number of rotatable bonds is 4. The number of hydrogen-bond donors (Lipinski definition) is 1. The Morgan fingerprint density at radius 1 is 1.41 bits per heavy atom. The summed E-state index contributed by atoms with van der Waals surface area (Å²) in [5, 5.41) is 2.48. The summed E-state index contributed by atoms with van der Waals surface area (Å²) >= 11 is 1.39. The van der Waals surface area contributed by atoms with Gasteiger partial charge in [0.15, 0.2) is 10.8 Å². The van der Waals surface area contributed by atoms with Crippen LogP contribution in [0.3, 0.4) is 0 Å². The molecule has 22 heavy (non-hydrogen) atoms. The van der Waals surface area contributed by atoms with E-state index >= 15 is 0 Å². The number of ether oxygens (including phenoxy) is 1. The standard InChI is InChI=1S/C15H11FN2O3S/c16-9-3-4-11(12(17)6-9)15(19)21-7-10-8-22-14(18-10)13-2-1-5-20-13/h1-6,8H,7,17H2. The third-order valence-electron chi connectivity index (χ3n) is 2.87. The molecule has 0 radical (unpaired) electrons. The Balaban J connectivity index is 1.66. The van der Waals surface area contributed by atoms with Crippen LogP contribution in [-0.2, 0) is 11.3 Å². The molecule has 0 saturated heterocycles. The van der Waals surface area contributed by atoms with Gasteiger partial charge in [0, 0.05) is 11.1 Å². The lowest BCUT2D eigenvalue weighted by Gasteiger charge is -2.05. The van der Waals surface area contributed by atoms with Crippen molar-refractivity contribution in [2.24, 2.45) is 0 Å². The van der Waals surface area contributed by atoms with Crippen LogP contribution >= 0.6 is 11.3 Å². The summed E-state index contributed by atoms with van der Waals surface area (Å²) in [7, 11) is 0. The number of nitrogen functional groups attached to an aromatic ring is 1. The van der Waals surface area contributed by atoms with Crippen molar-refractivity contribution < 1.29 is 18.3 Å². The molecule has 3 rings (SSSR count). The molecule has 2 N–H and O–H groups in total. The number of hydrogen-bond acceptors (Lipinski definition) is 6. The van der Waals surface area contributed by atoms with Gasteiger partial charge in [-0.3, -0.25) is 0 Å². The highest BCUT2D eigenvalue weighted by Crippen LogP contribution is 2.24. The van der Waals surface area contributed by atoms with Crippen LogP contribution in [0.5, 0.6) is 0 Å². The number of benzene rings is 1. The molecule has 112 valence electrons. The summed E-state index contributed by atoms with van der Waals surface area (Å²) in [5.74, 6) is -0.466. The summed E-state index contributed by atoms with van der Waals surface area (Å²) in [5.41, 5.74) is 6.36. The van der Waals surface area contributed by atoms with Crippen molar-refractivity contribution in [3.8, 4) is 10.8 Å². The minimum atomic E-state index is -0.620. The molecule has 0 unspecified atom stereocenters. The number of nitrogens with zero attached hydrogens (tertiary/aromatic N) is 1. The summed E-state index contributed by atoms with van der Waals surface area (Å²) in [6.45, 7) is 0.00680. The van der Waals surface area contributed by atoms with E-state index in [4.69, 9.17) is 14.9 Å². The van der Waals surface area contributed by atoms with Crippen LogP contribution in [0, 0.1) is 5.82 Å². The van der Waals surface area contributed by atoms with Crippen molar-refractivity contribution >= 4 is 23.0 Å². The number of thiazole rings is 1. The Bertz CT molecular complexity index is 799. The van der Waals surface area contributed by atoms with Crippen molar-refractivity contribution in [1.82, 2.24) is 4.98 Å². The fourth-order valence-electron chi connectivity index (χ4n) is 1.82. The Labute approximate surface area is 129 Å². The highest BCUT2D eigenvalue weighted by Gasteiger charge is 2.13.